The third kappa shape index (κ3) is 2.32. The molecule has 0 saturated heterocycles. The molecular formula is C14H15N5. The van der Waals surface area contributed by atoms with Gasteiger partial charge in [0.1, 0.15) is 6.33 Å². The zero-order valence-electron chi connectivity index (χ0n) is 10.7. The highest BCUT2D eigenvalue weighted by molar-refractivity contribution is 5.42. The first-order chi connectivity index (χ1) is 9.38. The lowest BCUT2D eigenvalue weighted by Crippen LogP contribution is -2.19. The molecule has 96 valence electrons. The summed E-state index contributed by atoms with van der Waals surface area (Å²) >= 11 is 0. The van der Waals surface area contributed by atoms with Crippen LogP contribution >= 0.6 is 0 Å². The first-order valence-corrected chi connectivity index (χ1v) is 6.24. The Labute approximate surface area is 111 Å². The molecule has 1 atom stereocenters. The SMILES string of the molecule is CNC(Cc1nccn2cnnc12)c1ccccc1. The fraction of sp³-hybridized carbons (Fsp3) is 0.214. The number of likely N-dealkylation sites (N-methyl/N-ethyl adjacent to an activating group) is 1. The van der Waals surface area contributed by atoms with Crippen LogP contribution in [-0.4, -0.2) is 26.6 Å². The molecule has 2 aromatic heterocycles. The van der Waals surface area contributed by atoms with Crippen LogP contribution in [0.4, 0.5) is 0 Å². The van der Waals surface area contributed by atoms with E-state index in [1.165, 1.54) is 5.56 Å². The van der Waals surface area contributed by atoms with Gasteiger partial charge in [-0.25, -0.2) is 0 Å². The van der Waals surface area contributed by atoms with Crippen LogP contribution in [0.25, 0.3) is 5.65 Å². The minimum absolute atomic E-state index is 0.219. The monoisotopic (exact) mass is 253 g/mol. The van der Waals surface area contributed by atoms with E-state index in [4.69, 9.17) is 0 Å². The van der Waals surface area contributed by atoms with E-state index in [1.54, 1.807) is 12.5 Å². The zero-order valence-corrected chi connectivity index (χ0v) is 10.7. The average Bonchev–Trinajstić information content (AvgIpc) is 2.95. The molecule has 2 heterocycles. The summed E-state index contributed by atoms with van der Waals surface area (Å²) in [6.45, 7) is 0. The molecule has 0 saturated carbocycles. The molecular weight excluding hydrogens is 238 g/mol. The maximum absolute atomic E-state index is 4.43. The van der Waals surface area contributed by atoms with Gasteiger partial charge in [-0.3, -0.25) is 9.38 Å². The first kappa shape index (κ1) is 11.8. The minimum Gasteiger partial charge on any atom is -0.313 e. The lowest BCUT2D eigenvalue weighted by atomic mass is 10.0. The highest BCUT2D eigenvalue weighted by Gasteiger charge is 2.13. The number of fused-ring (bicyclic) bond motifs is 1. The molecule has 0 aliphatic heterocycles. The van der Waals surface area contributed by atoms with Crippen molar-refractivity contribution in [3.63, 3.8) is 0 Å². The predicted octanol–water partition coefficient (Wildman–Crippen LogP) is 1.63. The van der Waals surface area contributed by atoms with Crippen molar-refractivity contribution < 1.29 is 0 Å². The highest BCUT2D eigenvalue weighted by atomic mass is 15.2. The molecule has 3 aromatic rings. The van der Waals surface area contributed by atoms with Gasteiger partial charge in [0.05, 0.1) is 5.69 Å². The van der Waals surface area contributed by atoms with Crippen molar-refractivity contribution in [2.45, 2.75) is 12.5 Å². The van der Waals surface area contributed by atoms with Crippen LogP contribution in [0.2, 0.25) is 0 Å². The van der Waals surface area contributed by atoms with Crippen molar-refractivity contribution in [3.8, 4) is 0 Å². The highest BCUT2D eigenvalue weighted by Crippen LogP contribution is 2.18. The van der Waals surface area contributed by atoms with Crippen molar-refractivity contribution in [2.24, 2.45) is 0 Å². The van der Waals surface area contributed by atoms with E-state index in [1.807, 2.05) is 35.8 Å². The van der Waals surface area contributed by atoms with Crippen molar-refractivity contribution >= 4 is 5.65 Å². The third-order valence-corrected chi connectivity index (χ3v) is 3.24. The van der Waals surface area contributed by atoms with Crippen molar-refractivity contribution in [1.82, 2.24) is 24.9 Å². The summed E-state index contributed by atoms with van der Waals surface area (Å²) in [5, 5.41) is 11.4. The molecule has 0 aliphatic rings. The largest absolute Gasteiger partial charge is 0.313 e. The number of nitrogens with zero attached hydrogens (tertiary/aromatic N) is 4. The maximum Gasteiger partial charge on any atom is 0.182 e. The van der Waals surface area contributed by atoms with Gasteiger partial charge in [0.2, 0.25) is 0 Å². The van der Waals surface area contributed by atoms with Crippen molar-refractivity contribution in [1.29, 1.82) is 0 Å². The Hall–Kier alpha value is -2.27. The van der Waals surface area contributed by atoms with Crippen molar-refractivity contribution in [3.05, 3.63) is 60.3 Å². The van der Waals surface area contributed by atoms with E-state index < -0.39 is 0 Å². The molecule has 1 aromatic carbocycles. The number of nitrogens with one attached hydrogen (secondary N) is 1. The quantitative estimate of drug-likeness (QED) is 0.767. The smallest absolute Gasteiger partial charge is 0.182 e. The van der Waals surface area contributed by atoms with Gasteiger partial charge in [0.15, 0.2) is 5.65 Å². The normalized spacial score (nSPS) is 12.7. The Kier molecular flexibility index (Phi) is 3.20. The molecule has 0 bridgehead atoms. The molecule has 0 spiro atoms. The minimum atomic E-state index is 0.219. The molecule has 5 heteroatoms. The molecule has 0 radical (unpaired) electrons. The Morgan fingerprint density at radius 3 is 2.89 bits per heavy atom. The molecule has 0 amide bonds. The fourth-order valence-electron chi connectivity index (χ4n) is 2.22. The van der Waals surface area contributed by atoms with Crippen LogP contribution in [0, 0.1) is 0 Å². The third-order valence-electron chi connectivity index (χ3n) is 3.24. The van der Waals surface area contributed by atoms with E-state index in [2.05, 4.69) is 32.6 Å². The molecule has 3 rings (SSSR count). The summed E-state index contributed by atoms with van der Waals surface area (Å²) < 4.78 is 1.89. The Morgan fingerprint density at radius 2 is 2.11 bits per heavy atom. The molecule has 0 fully saturated rings. The van der Waals surface area contributed by atoms with Gasteiger partial charge < -0.3 is 5.32 Å². The van der Waals surface area contributed by atoms with E-state index in [0.717, 1.165) is 17.8 Å². The van der Waals surface area contributed by atoms with E-state index >= 15 is 0 Å². The lowest BCUT2D eigenvalue weighted by molar-refractivity contribution is 0.585. The van der Waals surface area contributed by atoms with Crippen LogP contribution < -0.4 is 5.32 Å². The molecule has 0 aliphatic carbocycles. The number of aromatic nitrogens is 4. The number of hydrogen-bond acceptors (Lipinski definition) is 4. The van der Waals surface area contributed by atoms with E-state index in [9.17, 15) is 0 Å². The molecule has 1 N–H and O–H groups in total. The second-order valence-corrected chi connectivity index (χ2v) is 4.39. The Bertz CT molecular complexity index is 662. The number of rotatable bonds is 4. The summed E-state index contributed by atoms with van der Waals surface area (Å²) in [6, 6.07) is 10.6. The van der Waals surface area contributed by atoms with Gasteiger partial charge >= 0.3 is 0 Å². The second-order valence-electron chi connectivity index (χ2n) is 4.39. The average molecular weight is 253 g/mol. The fourth-order valence-corrected chi connectivity index (χ4v) is 2.22. The summed E-state index contributed by atoms with van der Waals surface area (Å²) in [5.74, 6) is 0. The van der Waals surface area contributed by atoms with E-state index in [-0.39, 0.29) is 6.04 Å². The standard InChI is InChI=1S/C14H15N5/c1-15-12(11-5-3-2-4-6-11)9-13-14-18-17-10-19(14)8-7-16-13/h2-8,10,12,15H,9H2,1H3. The predicted molar refractivity (Wildman–Crippen MR) is 72.7 cm³/mol. The molecule has 19 heavy (non-hydrogen) atoms. The summed E-state index contributed by atoms with van der Waals surface area (Å²) in [7, 11) is 1.96. The second kappa shape index (κ2) is 5.16. The zero-order chi connectivity index (χ0) is 13.1. The molecule has 1 unspecified atom stereocenters. The number of benzene rings is 1. The Balaban J connectivity index is 1.93. The first-order valence-electron chi connectivity index (χ1n) is 6.24. The number of hydrogen-bond donors (Lipinski definition) is 1. The van der Waals surface area contributed by atoms with Crippen LogP contribution in [0.15, 0.2) is 49.1 Å². The summed E-state index contributed by atoms with van der Waals surface area (Å²) in [4.78, 5) is 4.43. The molecule has 5 nitrogen and oxygen atoms in total. The van der Waals surface area contributed by atoms with Gasteiger partial charge in [0.25, 0.3) is 0 Å². The summed E-state index contributed by atoms with van der Waals surface area (Å²) in [5.41, 5.74) is 3.01. The van der Waals surface area contributed by atoms with Gasteiger partial charge in [-0.15, -0.1) is 10.2 Å². The summed E-state index contributed by atoms with van der Waals surface area (Å²) in [6.07, 6.45) is 6.11. The van der Waals surface area contributed by atoms with Crippen molar-refractivity contribution in [2.75, 3.05) is 7.05 Å². The van der Waals surface area contributed by atoms with E-state index in [0.29, 0.717) is 0 Å². The Morgan fingerprint density at radius 1 is 1.26 bits per heavy atom. The maximum atomic E-state index is 4.43. The topological polar surface area (TPSA) is 55.1 Å². The van der Waals surface area contributed by atoms with Crippen LogP contribution in [0.3, 0.4) is 0 Å². The van der Waals surface area contributed by atoms with Gasteiger partial charge in [-0.1, -0.05) is 30.3 Å². The van der Waals surface area contributed by atoms with Crippen LogP contribution in [0.5, 0.6) is 0 Å². The lowest BCUT2D eigenvalue weighted by Gasteiger charge is -2.16. The van der Waals surface area contributed by atoms with Crippen LogP contribution in [0.1, 0.15) is 17.3 Å². The van der Waals surface area contributed by atoms with Gasteiger partial charge in [0, 0.05) is 24.9 Å². The van der Waals surface area contributed by atoms with Gasteiger partial charge in [-0.2, -0.15) is 0 Å². The van der Waals surface area contributed by atoms with Crippen LogP contribution in [-0.2, 0) is 6.42 Å². The van der Waals surface area contributed by atoms with Gasteiger partial charge in [-0.05, 0) is 12.6 Å².